The van der Waals surface area contributed by atoms with Gasteiger partial charge in [0.15, 0.2) is 0 Å². The zero-order chi connectivity index (χ0) is 19.3. The van der Waals surface area contributed by atoms with Gasteiger partial charge in [-0.1, -0.05) is 28.1 Å². The molecule has 1 amide bonds. The van der Waals surface area contributed by atoms with Crippen LogP contribution in [0.3, 0.4) is 0 Å². The molecule has 0 atom stereocenters. The van der Waals surface area contributed by atoms with Crippen LogP contribution in [0.1, 0.15) is 24.0 Å². The second-order valence-corrected chi connectivity index (χ2v) is 7.48. The molecule has 6 heteroatoms. The topological polar surface area (TPSA) is 56.8 Å². The number of rotatable bonds is 6. The van der Waals surface area contributed by atoms with Gasteiger partial charge in [-0.2, -0.15) is 0 Å². The minimum Gasteiger partial charge on any atom is -0.497 e. The lowest BCUT2D eigenvalue weighted by atomic mass is 9.73. The van der Waals surface area contributed by atoms with Crippen LogP contribution in [0, 0.1) is 0 Å². The molecule has 1 aliphatic heterocycles. The average molecular weight is 434 g/mol. The molecule has 1 saturated heterocycles. The van der Waals surface area contributed by atoms with Crippen molar-refractivity contribution in [3.05, 3.63) is 58.1 Å². The van der Waals surface area contributed by atoms with Gasteiger partial charge in [-0.25, -0.2) is 0 Å². The lowest BCUT2D eigenvalue weighted by molar-refractivity contribution is -0.130. The number of carbonyl (C=O) groups excluding carboxylic acids is 1. The fraction of sp³-hybridized carbons (Fsp3) is 0.381. The second kappa shape index (κ2) is 8.76. The maximum atomic E-state index is 13.3. The molecule has 1 aliphatic rings. The zero-order valence-corrected chi connectivity index (χ0v) is 17.2. The predicted molar refractivity (Wildman–Crippen MR) is 107 cm³/mol. The van der Waals surface area contributed by atoms with Crippen LogP contribution in [0.15, 0.2) is 46.9 Å². The van der Waals surface area contributed by atoms with E-state index in [1.807, 2.05) is 42.5 Å². The first-order valence-corrected chi connectivity index (χ1v) is 9.71. The third kappa shape index (κ3) is 4.28. The van der Waals surface area contributed by atoms with Crippen LogP contribution in [-0.2, 0) is 21.5 Å². The SMILES string of the molecule is COc1ccc(CNC(=O)C2(c3ccc(Br)cc3)CCOCC2)c(OC)c1. The monoisotopic (exact) mass is 433 g/mol. The first-order chi connectivity index (χ1) is 13.1. The molecule has 0 saturated carbocycles. The highest BCUT2D eigenvalue weighted by molar-refractivity contribution is 9.10. The van der Waals surface area contributed by atoms with E-state index < -0.39 is 5.41 Å². The summed E-state index contributed by atoms with van der Waals surface area (Å²) in [5.74, 6) is 1.43. The molecule has 0 aliphatic carbocycles. The van der Waals surface area contributed by atoms with Crippen molar-refractivity contribution in [1.82, 2.24) is 5.32 Å². The van der Waals surface area contributed by atoms with Crippen molar-refractivity contribution < 1.29 is 19.0 Å². The Kier molecular flexibility index (Phi) is 6.39. The molecule has 3 rings (SSSR count). The Morgan fingerprint density at radius 2 is 1.81 bits per heavy atom. The van der Waals surface area contributed by atoms with Gasteiger partial charge < -0.3 is 19.5 Å². The molecule has 0 spiro atoms. The summed E-state index contributed by atoms with van der Waals surface area (Å²) in [7, 11) is 3.23. The number of halogens is 1. The van der Waals surface area contributed by atoms with Gasteiger partial charge >= 0.3 is 0 Å². The van der Waals surface area contributed by atoms with Crippen molar-refractivity contribution in [1.29, 1.82) is 0 Å². The van der Waals surface area contributed by atoms with E-state index in [9.17, 15) is 4.79 Å². The lowest BCUT2D eigenvalue weighted by Gasteiger charge is -2.36. The van der Waals surface area contributed by atoms with Crippen LogP contribution in [0.25, 0.3) is 0 Å². The number of carbonyl (C=O) groups is 1. The van der Waals surface area contributed by atoms with Crippen molar-refractivity contribution in [2.24, 2.45) is 0 Å². The number of hydrogen-bond donors (Lipinski definition) is 1. The van der Waals surface area contributed by atoms with Crippen molar-refractivity contribution in [2.45, 2.75) is 24.8 Å². The van der Waals surface area contributed by atoms with Crippen LogP contribution in [0.4, 0.5) is 0 Å². The van der Waals surface area contributed by atoms with Gasteiger partial charge in [0.05, 0.1) is 19.6 Å². The lowest BCUT2D eigenvalue weighted by Crippen LogP contribution is -2.47. The van der Waals surface area contributed by atoms with Crippen LogP contribution >= 0.6 is 15.9 Å². The van der Waals surface area contributed by atoms with E-state index in [1.54, 1.807) is 14.2 Å². The summed E-state index contributed by atoms with van der Waals surface area (Å²) in [4.78, 5) is 13.3. The Balaban J connectivity index is 1.80. The fourth-order valence-corrected chi connectivity index (χ4v) is 3.74. The van der Waals surface area contributed by atoms with E-state index >= 15 is 0 Å². The molecule has 0 aromatic heterocycles. The summed E-state index contributed by atoms with van der Waals surface area (Å²) in [5, 5.41) is 3.11. The summed E-state index contributed by atoms with van der Waals surface area (Å²) in [6.07, 6.45) is 1.33. The molecule has 1 N–H and O–H groups in total. The Bertz CT molecular complexity index is 785. The van der Waals surface area contributed by atoms with Gasteiger partial charge in [0.1, 0.15) is 11.5 Å². The van der Waals surface area contributed by atoms with Crippen LogP contribution in [0.2, 0.25) is 0 Å². The number of nitrogens with one attached hydrogen (secondary N) is 1. The highest BCUT2D eigenvalue weighted by atomic mass is 79.9. The van der Waals surface area contributed by atoms with Crippen molar-refractivity contribution in [2.75, 3.05) is 27.4 Å². The molecule has 1 heterocycles. The van der Waals surface area contributed by atoms with E-state index in [1.165, 1.54) is 0 Å². The van der Waals surface area contributed by atoms with E-state index in [0.717, 1.165) is 21.3 Å². The maximum Gasteiger partial charge on any atom is 0.231 e. The summed E-state index contributed by atoms with van der Waals surface area (Å²) in [6.45, 7) is 1.55. The smallest absolute Gasteiger partial charge is 0.231 e. The number of amides is 1. The first kappa shape index (κ1) is 19.7. The summed E-state index contributed by atoms with van der Waals surface area (Å²) in [5.41, 5.74) is 1.36. The standard InChI is InChI=1S/C21H24BrNO4/c1-25-18-8-3-15(19(13-18)26-2)14-23-20(24)21(9-11-27-12-10-21)16-4-6-17(22)7-5-16/h3-8,13H,9-12,14H2,1-2H3,(H,23,24). The molecule has 144 valence electrons. The highest BCUT2D eigenvalue weighted by Crippen LogP contribution is 2.36. The zero-order valence-electron chi connectivity index (χ0n) is 15.6. The molecule has 0 bridgehead atoms. The van der Waals surface area contributed by atoms with Crippen LogP contribution in [-0.4, -0.2) is 33.3 Å². The predicted octanol–water partition coefficient (Wildman–Crippen LogP) is 3.83. The molecule has 0 unspecified atom stereocenters. The second-order valence-electron chi connectivity index (χ2n) is 6.56. The number of benzene rings is 2. The van der Waals surface area contributed by atoms with E-state index in [4.69, 9.17) is 14.2 Å². The molecule has 1 fully saturated rings. The Hall–Kier alpha value is -2.05. The van der Waals surface area contributed by atoms with Gasteiger partial charge in [0, 0.05) is 35.9 Å². The summed E-state index contributed by atoms with van der Waals surface area (Å²) in [6, 6.07) is 13.6. The first-order valence-electron chi connectivity index (χ1n) is 8.92. The molecule has 2 aromatic carbocycles. The van der Waals surface area contributed by atoms with Crippen molar-refractivity contribution >= 4 is 21.8 Å². The molecular formula is C21H24BrNO4. The summed E-state index contributed by atoms with van der Waals surface area (Å²) < 4.78 is 17.2. The quantitative estimate of drug-likeness (QED) is 0.751. The van der Waals surface area contributed by atoms with Crippen LogP contribution < -0.4 is 14.8 Å². The van der Waals surface area contributed by atoms with Crippen molar-refractivity contribution in [3.63, 3.8) is 0 Å². The molecule has 0 radical (unpaired) electrons. The number of methoxy groups -OCH3 is 2. The molecule has 27 heavy (non-hydrogen) atoms. The Labute approximate surface area is 168 Å². The average Bonchev–Trinajstić information content (AvgIpc) is 2.72. The van der Waals surface area contributed by atoms with Gasteiger partial charge in [0.25, 0.3) is 0 Å². The number of ether oxygens (including phenoxy) is 3. The van der Waals surface area contributed by atoms with E-state index in [0.29, 0.717) is 38.3 Å². The Morgan fingerprint density at radius 3 is 2.44 bits per heavy atom. The molecule has 5 nitrogen and oxygen atoms in total. The fourth-order valence-electron chi connectivity index (χ4n) is 3.48. The van der Waals surface area contributed by atoms with Crippen LogP contribution in [0.5, 0.6) is 11.5 Å². The van der Waals surface area contributed by atoms with E-state index in [2.05, 4.69) is 21.2 Å². The van der Waals surface area contributed by atoms with Gasteiger partial charge in [-0.15, -0.1) is 0 Å². The normalized spacial score (nSPS) is 15.8. The third-order valence-corrected chi connectivity index (χ3v) is 5.64. The Morgan fingerprint density at radius 1 is 1.11 bits per heavy atom. The van der Waals surface area contributed by atoms with Gasteiger partial charge in [0.2, 0.25) is 5.91 Å². The maximum absolute atomic E-state index is 13.3. The van der Waals surface area contributed by atoms with Crippen molar-refractivity contribution in [3.8, 4) is 11.5 Å². The van der Waals surface area contributed by atoms with E-state index in [-0.39, 0.29) is 5.91 Å². The largest absolute Gasteiger partial charge is 0.497 e. The molecule has 2 aromatic rings. The number of hydrogen-bond acceptors (Lipinski definition) is 4. The van der Waals surface area contributed by atoms with Gasteiger partial charge in [-0.05, 0) is 42.7 Å². The summed E-state index contributed by atoms with van der Waals surface area (Å²) >= 11 is 3.46. The highest BCUT2D eigenvalue weighted by Gasteiger charge is 2.41. The minimum atomic E-state index is -0.571. The third-order valence-electron chi connectivity index (χ3n) is 5.11. The minimum absolute atomic E-state index is 0.0194. The molecular weight excluding hydrogens is 410 g/mol. The van der Waals surface area contributed by atoms with Gasteiger partial charge in [-0.3, -0.25) is 4.79 Å².